The van der Waals surface area contributed by atoms with E-state index in [0.717, 1.165) is 42.0 Å². The predicted octanol–water partition coefficient (Wildman–Crippen LogP) is 4.32. The number of hydrogen-bond acceptors (Lipinski definition) is 5. The van der Waals surface area contributed by atoms with Gasteiger partial charge in [0.15, 0.2) is 0 Å². The summed E-state index contributed by atoms with van der Waals surface area (Å²) in [4.78, 5) is 12.4. The molecule has 0 atom stereocenters. The second-order valence-corrected chi connectivity index (χ2v) is 6.80. The molecule has 2 rings (SSSR count). The van der Waals surface area contributed by atoms with E-state index in [9.17, 15) is 0 Å². The van der Waals surface area contributed by atoms with Crippen molar-refractivity contribution in [2.75, 3.05) is 23.8 Å². The van der Waals surface area contributed by atoms with Crippen molar-refractivity contribution in [2.45, 2.75) is 33.2 Å². The van der Waals surface area contributed by atoms with Crippen molar-refractivity contribution in [1.82, 2.24) is 9.97 Å². The van der Waals surface area contributed by atoms with E-state index in [-0.39, 0.29) is 0 Å². The zero-order chi connectivity index (χ0) is 15.2. The summed E-state index contributed by atoms with van der Waals surface area (Å²) in [6, 6.07) is 2.16. The van der Waals surface area contributed by atoms with Crippen LogP contribution in [0, 0.1) is 0 Å². The van der Waals surface area contributed by atoms with E-state index in [4.69, 9.17) is 0 Å². The monoisotopic (exact) mass is 368 g/mol. The van der Waals surface area contributed by atoms with Crippen molar-refractivity contribution in [3.63, 3.8) is 0 Å². The van der Waals surface area contributed by atoms with Crippen LogP contribution in [0.1, 0.15) is 30.7 Å². The molecule has 2 aromatic rings. The lowest BCUT2D eigenvalue weighted by molar-refractivity contribution is 0.848. The van der Waals surface area contributed by atoms with E-state index in [1.54, 1.807) is 17.7 Å². The average Bonchev–Trinajstić information content (AvgIpc) is 2.86. The van der Waals surface area contributed by atoms with Crippen LogP contribution in [-0.2, 0) is 13.0 Å². The van der Waals surface area contributed by atoms with Gasteiger partial charge in [-0.2, -0.15) is 0 Å². The zero-order valence-electron chi connectivity index (χ0n) is 12.7. The first-order valence-electron chi connectivity index (χ1n) is 7.17. The van der Waals surface area contributed by atoms with E-state index in [1.165, 1.54) is 10.4 Å². The third-order valence-electron chi connectivity index (χ3n) is 3.14. The molecule has 0 aliphatic rings. The highest BCUT2D eigenvalue weighted by Gasteiger charge is 2.14. The highest BCUT2D eigenvalue weighted by atomic mass is 79.9. The Hall–Kier alpha value is -1.14. The Morgan fingerprint density at radius 2 is 2.14 bits per heavy atom. The van der Waals surface area contributed by atoms with Gasteiger partial charge in [-0.1, -0.05) is 13.3 Å². The van der Waals surface area contributed by atoms with E-state index in [0.29, 0.717) is 0 Å². The minimum Gasteiger partial charge on any atom is -0.370 e. The number of anilines is 2. The Balaban J connectivity index is 2.26. The highest BCUT2D eigenvalue weighted by Crippen LogP contribution is 2.27. The van der Waals surface area contributed by atoms with Crippen molar-refractivity contribution in [3.05, 3.63) is 32.7 Å². The lowest BCUT2D eigenvalue weighted by Crippen LogP contribution is -2.20. The van der Waals surface area contributed by atoms with Gasteiger partial charge in [0.2, 0.25) is 0 Å². The summed E-state index contributed by atoms with van der Waals surface area (Å²) in [6.07, 6.45) is 3.71. The summed E-state index contributed by atoms with van der Waals surface area (Å²) in [5.74, 6) is 1.98. The molecule has 0 saturated heterocycles. The summed E-state index contributed by atoms with van der Waals surface area (Å²) in [5.41, 5.74) is 1.21. The molecule has 0 aromatic carbocycles. The van der Waals surface area contributed by atoms with Gasteiger partial charge in [0.25, 0.3) is 0 Å². The van der Waals surface area contributed by atoms with Crippen LogP contribution in [0.5, 0.6) is 0 Å². The largest absolute Gasteiger partial charge is 0.370 e. The highest BCUT2D eigenvalue weighted by molar-refractivity contribution is 9.10. The van der Waals surface area contributed by atoms with E-state index < -0.39 is 0 Å². The standard InChI is InChI=1S/C15H21BrN4S/c1-4-6-13-14(17-5-2)18-10-19-15(13)20(3)8-12-7-11(16)9-21-12/h7,9-10H,4-6,8H2,1-3H3,(H,17,18,19). The van der Waals surface area contributed by atoms with Crippen molar-refractivity contribution in [1.29, 1.82) is 0 Å². The van der Waals surface area contributed by atoms with Gasteiger partial charge in [0.05, 0.1) is 6.54 Å². The van der Waals surface area contributed by atoms with Crippen LogP contribution in [0.25, 0.3) is 0 Å². The summed E-state index contributed by atoms with van der Waals surface area (Å²) in [7, 11) is 2.09. The van der Waals surface area contributed by atoms with Gasteiger partial charge >= 0.3 is 0 Å². The first-order chi connectivity index (χ1) is 10.2. The topological polar surface area (TPSA) is 41.1 Å². The number of nitrogens with one attached hydrogen (secondary N) is 1. The Labute approximate surface area is 138 Å². The molecule has 0 radical (unpaired) electrons. The molecule has 114 valence electrons. The van der Waals surface area contributed by atoms with Crippen molar-refractivity contribution >= 4 is 38.9 Å². The van der Waals surface area contributed by atoms with Crippen LogP contribution in [0.2, 0.25) is 0 Å². The smallest absolute Gasteiger partial charge is 0.137 e. The van der Waals surface area contributed by atoms with Gasteiger partial charge in [-0.3, -0.25) is 0 Å². The molecule has 0 spiro atoms. The molecule has 0 amide bonds. The van der Waals surface area contributed by atoms with Crippen LogP contribution >= 0.6 is 27.3 Å². The van der Waals surface area contributed by atoms with Crippen LogP contribution in [0.3, 0.4) is 0 Å². The van der Waals surface area contributed by atoms with E-state index >= 15 is 0 Å². The fourth-order valence-electron chi connectivity index (χ4n) is 2.28. The summed E-state index contributed by atoms with van der Waals surface area (Å²) >= 11 is 5.26. The molecular weight excluding hydrogens is 348 g/mol. The molecule has 0 bridgehead atoms. The number of nitrogens with zero attached hydrogens (tertiary/aromatic N) is 3. The summed E-state index contributed by atoms with van der Waals surface area (Å²) < 4.78 is 1.14. The van der Waals surface area contributed by atoms with Gasteiger partial charge in [-0.15, -0.1) is 11.3 Å². The molecule has 6 heteroatoms. The molecule has 0 aliphatic carbocycles. The molecule has 0 aliphatic heterocycles. The van der Waals surface area contributed by atoms with Crippen LogP contribution in [0.4, 0.5) is 11.6 Å². The normalized spacial score (nSPS) is 10.7. The number of halogens is 1. The van der Waals surface area contributed by atoms with Gasteiger partial charge in [-0.05, 0) is 35.3 Å². The van der Waals surface area contributed by atoms with Crippen LogP contribution in [0.15, 0.2) is 22.2 Å². The fraction of sp³-hybridized carbons (Fsp3) is 0.467. The number of aromatic nitrogens is 2. The molecule has 0 unspecified atom stereocenters. The molecule has 0 saturated carbocycles. The second-order valence-electron chi connectivity index (χ2n) is 4.89. The molecular formula is C15H21BrN4S. The van der Waals surface area contributed by atoms with Crippen molar-refractivity contribution in [3.8, 4) is 0 Å². The SMILES string of the molecule is CCCc1c(NCC)ncnc1N(C)Cc1cc(Br)cs1. The van der Waals surface area contributed by atoms with Crippen molar-refractivity contribution in [2.24, 2.45) is 0 Å². The van der Waals surface area contributed by atoms with Gasteiger partial charge in [-0.25, -0.2) is 9.97 Å². The molecule has 2 aromatic heterocycles. The molecule has 4 nitrogen and oxygen atoms in total. The number of thiophene rings is 1. The summed E-state index contributed by atoms with van der Waals surface area (Å²) in [6.45, 7) is 6.00. The first-order valence-corrected chi connectivity index (χ1v) is 8.84. The van der Waals surface area contributed by atoms with Gasteiger partial charge in [0.1, 0.15) is 18.0 Å². The Kier molecular flexibility index (Phi) is 5.99. The first kappa shape index (κ1) is 16.2. The third-order valence-corrected chi connectivity index (χ3v) is 4.83. The van der Waals surface area contributed by atoms with Gasteiger partial charge in [0, 0.05) is 33.9 Å². The number of rotatable bonds is 7. The minimum atomic E-state index is 0.857. The molecule has 1 N–H and O–H groups in total. The zero-order valence-corrected chi connectivity index (χ0v) is 15.1. The second kappa shape index (κ2) is 7.75. The maximum atomic E-state index is 4.51. The summed E-state index contributed by atoms with van der Waals surface area (Å²) in [5, 5.41) is 5.45. The molecule has 21 heavy (non-hydrogen) atoms. The average molecular weight is 369 g/mol. The maximum Gasteiger partial charge on any atom is 0.137 e. The van der Waals surface area contributed by atoms with Crippen LogP contribution in [-0.4, -0.2) is 23.6 Å². The quantitative estimate of drug-likeness (QED) is 0.789. The molecule has 2 heterocycles. The van der Waals surface area contributed by atoms with Gasteiger partial charge < -0.3 is 10.2 Å². The van der Waals surface area contributed by atoms with Crippen molar-refractivity contribution < 1.29 is 0 Å². The Bertz CT molecular complexity index is 585. The fourth-order valence-corrected chi connectivity index (χ4v) is 3.78. The maximum absolute atomic E-state index is 4.51. The van der Waals surface area contributed by atoms with E-state index in [1.807, 2.05) is 0 Å². The predicted molar refractivity (Wildman–Crippen MR) is 94.3 cm³/mol. The molecule has 0 fully saturated rings. The lowest BCUT2D eigenvalue weighted by Gasteiger charge is -2.22. The Morgan fingerprint density at radius 3 is 2.76 bits per heavy atom. The lowest BCUT2D eigenvalue weighted by atomic mass is 10.1. The van der Waals surface area contributed by atoms with E-state index in [2.05, 4.69) is 68.5 Å². The van der Waals surface area contributed by atoms with Crippen LogP contribution < -0.4 is 10.2 Å². The Morgan fingerprint density at radius 1 is 1.33 bits per heavy atom. The third kappa shape index (κ3) is 4.17. The number of hydrogen-bond donors (Lipinski definition) is 1. The minimum absolute atomic E-state index is 0.857.